The van der Waals surface area contributed by atoms with Gasteiger partial charge in [-0.15, -0.1) is 0 Å². The molecule has 1 aromatic carbocycles. The second-order valence-electron chi connectivity index (χ2n) is 5.47. The summed E-state index contributed by atoms with van der Waals surface area (Å²) in [5.41, 5.74) is 0.352. The number of carbonyl (C=O) groups excluding carboxylic acids is 1. The van der Waals surface area contributed by atoms with Crippen molar-refractivity contribution in [3.05, 3.63) is 29.8 Å². The minimum atomic E-state index is -0.827. The summed E-state index contributed by atoms with van der Waals surface area (Å²) < 4.78 is 5.86. The van der Waals surface area contributed by atoms with Crippen LogP contribution in [0.2, 0.25) is 0 Å². The van der Waals surface area contributed by atoms with Crippen molar-refractivity contribution >= 4 is 5.91 Å². The highest BCUT2D eigenvalue weighted by Gasteiger charge is 2.34. The van der Waals surface area contributed by atoms with E-state index < -0.39 is 5.60 Å². The molecule has 0 spiro atoms. The number of rotatable bonds is 3. The highest BCUT2D eigenvalue weighted by Crippen LogP contribution is 2.21. The number of nitrogens with one attached hydrogen (secondary N) is 1. The zero-order valence-electron chi connectivity index (χ0n) is 11.9. The van der Waals surface area contributed by atoms with Crippen molar-refractivity contribution in [2.45, 2.75) is 26.4 Å². The molecule has 1 N–H and O–H groups in total. The molecule has 1 aliphatic rings. The Balaban J connectivity index is 2.04. The molecule has 1 saturated heterocycles. The van der Waals surface area contributed by atoms with Crippen molar-refractivity contribution in [3.8, 4) is 5.75 Å². The number of nitrogens with zero attached hydrogens (tertiary/aromatic N) is 1. The van der Waals surface area contributed by atoms with E-state index in [1.807, 2.05) is 49.9 Å². The molecular weight excluding hydrogens is 240 g/mol. The number of benzene rings is 1. The molecule has 0 aliphatic carbocycles. The Hall–Kier alpha value is -1.55. The van der Waals surface area contributed by atoms with E-state index in [-0.39, 0.29) is 5.91 Å². The van der Waals surface area contributed by atoms with Crippen molar-refractivity contribution in [2.75, 3.05) is 26.2 Å². The molecule has 0 atom stereocenters. The Labute approximate surface area is 114 Å². The molecule has 0 aromatic heterocycles. The van der Waals surface area contributed by atoms with Gasteiger partial charge in [0.05, 0.1) is 0 Å². The highest BCUT2D eigenvalue weighted by molar-refractivity contribution is 5.85. The molecule has 104 valence electrons. The molecule has 4 nitrogen and oxygen atoms in total. The molecule has 1 fully saturated rings. The second-order valence-corrected chi connectivity index (χ2v) is 5.47. The minimum Gasteiger partial charge on any atom is -0.478 e. The van der Waals surface area contributed by atoms with Crippen LogP contribution >= 0.6 is 0 Å². The molecule has 4 heteroatoms. The second kappa shape index (κ2) is 5.61. The maximum atomic E-state index is 12.5. The van der Waals surface area contributed by atoms with Gasteiger partial charge in [0.25, 0.3) is 5.91 Å². The van der Waals surface area contributed by atoms with E-state index in [1.54, 1.807) is 0 Å². The molecular formula is C15H22N2O2. The van der Waals surface area contributed by atoms with Gasteiger partial charge in [0.2, 0.25) is 0 Å². The number of amides is 1. The van der Waals surface area contributed by atoms with Gasteiger partial charge in [-0.3, -0.25) is 4.79 Å². The lowest BCUT2D eigenvalue weighted by Gasteiger charge is -2.34. The number of carbonyl (C=O) groups is 1. The lowest BCUT2D eigenvalue weighted by atomic mass is 10.1. The summed E-state index contributed by atoms with van der Waals surface area (Å²) in [5.74, 6) is 0.786. The van der Waals surface area contributed by atoms with Crippen LogP contribution in [0.4, 0.5) is 0 Å². The van der Waals surface area contributed by atoms with Gasteiger partial charge in [0.15, 0.2) is 5.60 Å². The predicted octanol–water partition coefficient (Wildman–Crippen LogP) is 1.58. The topological polar surface area (TPSA) is 41.6 Å². The Morgan fingerprint density at radius 1 is 1.21 bits per heavy atom. The number of ether oxygens (including phenoxy) is 1. The maximum Gasteiger partial charge on any atom is 0.266 e. The van der Waals surface area contributed by atoms with Gasteiger partial charge in [0, 0.05) is 26.2 Å². The SMILES string of the molecule is Cc1ccc(OC(C)(C)C(=O)N2CCNCC2)cc1. The van der Waals surface area contributed by atoms with Crippen molar-refractivity contribution in [3.63, 3.8) is 0 Å². The van der Waals surface area contributed by atoms with Crippen LogP contribution in [0.3, 0.4) is 0 Å². The summed E-state index contributed by atoms with van der Waals surface area (Å²) in [6.07, 6.45) is 0. The molecule has 0 saturated carbocycles. The van der Waals surface area contributed by atoms with E-state index in [2.05, 4.69) is 5.32 Å². The lowest BCUT2D eigenvalue weighted by molar-refractivity contribution is -0.146. The first-order valence-corrected chi connectivity index (χ1v) is 6.75. The van der Waals surface area contributed by atoms with Crippen LogP contribution in [-0.4, -0.2) is 42.6 Å². The van der Waals surface area contributed by atoms with Gasteiger partial charge in [0.1, 0.15) is 5.75 Å². The zero-order chi connectivity index (χ0) is 13.9. The molecule has 0 bridgehead atoms. The monoisotopic (exact) mass is 262 g/mol. The summed E-state index contributed by atoms with van der Waals surface area (Å²) in [6.45, 7) is 8.90. The quantitative estimate of drug-likeness (QED) is 0.899. The van der Waals surface area contributed by atoms with Crippen LogP contribution < -0.4 is 10.1 Å². The summed E-state index contributed by atoms with van der Waals surface area (Å²) in [4.78, 5) is 14.3. The fraction of sp³-hybridized carbons (Fsp3) is 0.533. The van der Waals surface area contributed by atoms with Gasteiger partial charge in [-0.05, 0) is 32.9 Å². The van der Waals surface area contributed by atoms with Crippen molar-refractivity contribution in [1.82, 2.24) is 10.2 Å². The first-order chi connectivity index (χ1) is 8.99. The van der Waals surface area contributed by atoms with E-state index in [1.165, 1.54) is 5.56 Å². The molecule has 2 rings (SSSR count). The molecule has 0 unspecified atom stereocenters. The van der Waals surface area contributed by atoms with Crippen LogP contribution in [0.1, 0.15) is 19.4 Å². The van der Waals surface area contributed by atoms with E-state index >= 15 is 0 Å². The lowest BCUT2D eigenvalue weighted by Crippen LogP contribution is -2.54. The standard InChI is InChI=1S/C15H22N2O2/c1-12-4-6-13(7-5-12)19-15(2,3)14(18)17-10-8-16-9-11-17/h4-7,16H,8-11H2,1-3H3. The fourth-order valence-corrected chi connectivity index (χ4v) is 2.19. The Morgan fingerprint density at radius 2 is 1.79 bits per heavy atom. The molecule has 0 radical (unpaired) electrons. The molecule has 1 amide bonds. The maximum absolute atomic E-state index is 12.5. The number of aryl methyl sites for hydroxylation is 1. The Kier molecular flexibility index (Phi) is 4.10. The average Bonchev–Trinajstić information content (AvgIpc) is 2.41. The van der Waals surface area contributed by atoms with Crippen LogP contribution in [0.15, 0.2) is 24.3 Å². The van der Waals surface area contributed by atoms with Gasteiger partial charge in [-0.1, -0.05) is 17.7 Å². The number of hydrogen-bond acceptors (Lipinski definition) is 3. The van der Waals surface area contributed by atoms with Gasteiger partial charge in [-0.2, -0.15) is 0 Å². The molecule has 1 aromatic rings. The zero-order valence-corrected chi connectivity index (χ0v) is 11.9. The van der Waals surface area contributed by atoms with E-state index in [4.69, 9.17) is 4.74 Å². The van der Waals surface area contributed by atoms with Gasteiger partial charge < -0.3 is 15.0 Å². The molecule has 19 heavy (non-hydrogen) atoms. The summed E-state index contributed by atoms with van der Waals surface area (Å²) in [6, 6.07) is 7.78. The summed E-state index contributed by atoms with van der Waals surface area (Å²) in [5, 5.41) is 3.24. The first kappa shape index (κ1) is 13.9. The predicted molar refractivity (Wildman–Crippen MR) is 75.3 cm³/mol. The normalized spacial score (nSPS) is 16.3. The van der Waals surface area contributed by atoms with Crippen LogP contribution in [0, 0.1) is 6.92 Å². The minimum absolute atomic E-state index is 0.0505. The van der Waals surface area contributed by atoms with E-state index in [0.29, 0.717) is 0 Å². The third kappa shape index (κ3) is 3.47. The van der Waals surface area contributed by atoms with Gasteiger partial charge in [-0.25, -0.2) is 0 Å². The van der Waals surface area contributed by atoms with Crippen molar-refractivity contribution < 1.29 is 9.53 Å². The van der Waals surface area contributed by atoms with E-state index in [0.717, 1.165) is 31.9 Å². The largest absolute Gasteiger partial charge is 0.478 e. The molecule has 1 aliphatic heterocycles. The Bertz CT molecular complexity index is 434. The number of hydrogen-bond donors (Lipinski definition) is 1. The number of piperazine rings is 1. The highest BCUT2D eigenvalue weighted by atomic mass is 16.5. The first-order valence-electron chi connectivity index (χ1n) is 6.75. The van der Waals surface area contributed by atoms with Crippen LogP contribution in [0.25, 0.3) is 0 Å². The third-order valence-corrected chi connectivity index (χ3v) is 3.31. The third-order valence-electron chi connectivity index (χ3n) is 3.31. The van der Waals surface area contributed by atoms with Crippen molar-refractivity contribution in [1.29, 1.82) is 0 Å². The van der Waals surface area contributed by atoms with Crippen molar-refractivity contribution in [2.24, 2.45) is 0 Å². The van der Waals surface area contributed by atoms with Crippen LogP contribution in [0.5, 0.6) is 5.75 Å². The smallest absolute Gasteiger partial charge is 0.266 e. The Morgan fingerprint density at radius 3 is 2.37 bits per heavy atom. The summed E-state index contributed by atoms with van der Waals surface area (Å²) >= 11 is 0. The van der Waals surface area contributed by atoms with Crippen LogP contribution in [-0.2, 0) is 4.79 Å². The summed E-state index contributed by atoms with van der Waals surface area (Å²) in [7, 11) is 0. The van der Waals surface area contributed by atoms with E-state index in [9.17, 15) is 4.79 Å². The molecule has 1 heterocycles. The fourth-order valence-electron chi connectivity index (χ4n) is 2.19. The average molecular weight is 262 g/mol. The van der Waals surface area contributed by atoms with Gasteiger partial charge >= 0.3 is 0 Å².